The van der Waals surface area contributed by atoms with Crippen LogP contribution in [0.2, 0.25) is 0 Å². The Morgan fingerprint density at radius 3 is 2.52 bits per heavy atom. The number of likely N-dealkylation sites (tertiary alicyclic amines) is 1. The van der Waals surface area contributed by atoms with Crippen molar-refractivity contribution < 1.29 is 17.6 Å². The summed E-state index contributed by atoms with van der Waals surface area (Å²) in [5.41, 5.74) is 2.36. The average molecular weight is 446 g/mol. The first-order chi connectivity index (χ1) is 14.6. The van der Waals surface area contributed by atoms with E-state index >= 15 is 0 Å². The molecule has 6 nitrogen and oxygen atoms in total. The predicted molar refractivity (Wildman–Crippen MR) is 119 cm³/mol. The van der Waals surface area contributed by atoms with Crippen molar-refractivity contribution in [3.8, 4) is 0 Å². The molecule has 1 fully saturated rings. The van der Waals surface area contributed by atoms with Crippen LogP contribution < -0.4 is 9.62 Å². The molecule has 8 heteroatoms. The fourth-order valence-electron chi connectivity index (χ4n) is 4.46. The predicted octanol–water partition coefficient (Wildman–Crippen LogP) is 3.65. The first kappa shape index (κ1) is 21.6. The van der Waals surface area contributed by atoms with Gasteiger partial charge in [-0.2, -0.15) is 0 Å². The minimum atomic E-state index is -3.84. The lowest BCUT2D eigenvalue weighted by molar-refractivity contribution is -0.128. The summed E-state index contributed by atoms with van der Waals surface area (Å²) in [5.74, 6) is -0.297. The number of fused-ring (bicyclic) bond motifs is 1. The lowest BCUT2D eigenvalue weighted by Gasteiger charge is -2.24. The summed E-state index contributed by atoms with van der Waals surface area (Å²) in [5, 5.41) is 0. The molecule has 2 aliphatic heterocycles. The maximum Gasteiger partial charge on any atom is 0.261 e. The van der Waals surface area contributed by atoms with Crippen LogP contribution in [-0.2, 0) is 20.2 Å². The minimum Gasteiger partial charge on any atom is -0.361 e. The van der Waals surface area contributed by atoms with E-state index in [4.69, 9.17) is 0 Å². The topological polar surface area (TPSA) is 69.7 Å². The number of carbonyl (C=O) groups excluding carboxylic acids is 1. The third-order valence-corrected chi connectivity index (χ3v) is 7.52. The average Bonchev–Trinajstić information content (AvgIpc) is 3.31. The standard InChI is InChI=1S/C23H28FN3O3S/c1-16-12-17(24)6-8-20(16)25-31(29,30)18-7-9-21-19(13-18)23(2,3)15-27(21)14-22(28)26-10-4-5-11-26/h6-9,12-13,25H,4-5,10-11,14-15H2,1-3H3. The van der Waals surface area contributed by atoms with Crippen LogP contribution in [-0.4, -0.2) is 45.4 Å². The van der Waals surface area contributed by atoms with Crippen molar-refractivity contribution in [1.29, 1.82) is 0 Å². The molecule has 0 atom stereocenters. The Morgan fingerprint density at radius 2 is 1.84 bits per heavy atom. The van der Waals surface area contributed by atoms with E-state index in [1.54, 1.807) is 25.1 Å². The molecule has 0 unspecified atom stereocenters. The second-order valence-corrected chi connectivity index (χ2v) is 10.8. The normalized spacial score (nSPS) is 17.7. The molecule has 2 aromatic rings. The first-order valence-corrected chi connectivity index (χ1v) is 12.0. The van der Waals surface area contributed by atoms with Gasteiger partial charge in [0.15, 0.2) is 0 Å². The number of rotatable bonds is 5. The molecule has 4 rings (SSSR count). The molecule has 31 heavy (non-hydrogen) atoms. The van der Waals surface area contributed by atoms with Crippen molar-refractivity contribution >= 4 is 27.3 Å². The number of hydrogen-bond acceptors (Lipinski definition) is 4. The van der Waals surface area contributed by atoms with E-state index in [9.17, 15) is 17.6 Å². The lowest BCUT2D eigenvalue weighted by atomic mass is 9.87. The van der Waals surface area contributed by atoms with Gasteiger partial charge in [-0.3, -0.25) is 9.52 Å². The Bertz CT molecular complexity index is 1120. The number of nitrogens with one attached hydrogen (secondary N) is 1. The van der Waals surface area contributed by atoms with Gasteiger partial charge in [0, 0.05) is 30.7 Å². The van der Waals surface area contributed by atoms with E-state index < -0.39 is 15.8 Å². The molecule has 2 aliphatic rings. The summed E-state index contributed by atoms with van der Waals surface area (Å²) in [4.78, 5) is 16.8. The molecule has 1 N–H and O–H groups in total. The van der Waals surface area contributed by atoms with E-state index in [0.717, 1.165) is 37.2 Å². The van der Waals surface area contributed by atoms with Crippen molar-refractivity contribution in [2.75, 3.05) is 35.8 Å². The summed E-state index contributed by atoms with van der Waals surface area (Å²) in [6.45, 7) is 8.34. The number of sulfonamides is 1. The summed E-state index contributed by atoms with van der Waals surface area (Å²) >= 11 is 0. The zero-order valence-electron chi connectivity index (χ0n) is 18.1. The van der Waals surface area contributed by atoms with Gasteiger partial charge >= 0.3 is 0 Å². The Morgan fingerprint density at radius 1 is 1.13 bits per heavy atom. The van der Waals surface area contributed by atoms with Gasteiger partial charge in [-0.25, -0.2) is 12.8 Å². The molecule has 0 radical (unpaired) electrons. The second-order valence-electron chi connectivity index (χ2n) is 9.07. The highest BCUT2D eigenvalue weighted by Gasteiger charge is 2.37. The van der Waals surface area contributed by atoms with Gasteiger partial charge in [0.25, 0.3) is 10.0 Å². The van der Waals surface area contributed by atoms with E-state index in [0.29, 0.717) is 24.3 Å². The van der Waals surface area contributed by atoms with Crippen molar-refractivity contribution in [2.24, 2.45) is 0 Å². The van der Waals surface area contributed by atoms with Crippen molar-refractivity contribution in [2.45, 2.75) is 43.9 Å². The molecule has 0 aromatic heterocycles. The van der Waals surface area contributed by atoms with Gasteiger partial charge in [-0.05, 0) is 67.3 Å². The SMILES string of the molecule is Cc1cc(F)ccc1NS(=O)(=O)c1ccc2c(c1)C(C)(C)CN2CC(=O)N1CCCC1. The monoisotopic (exact) mass is 445 g/mol. The highest BCUT2D eigenvalue weighted by molar-refractivity contribution is 7.92. The Hall–Kier alpha value is -2.61. The number of anilines is 2. The number of hydrogen-bond donors (Lipinski definition) is 1. The number of carbonyl (C=O) groups is 1. The maximum absolute atomic E-state index is 13.4. The van der Waals surface area contributed by atoms with Crippen LogP contribution in [0.15, 0.2) is 41.3 Å². The highest BCUT2D eigenvalue weighted by Crippen LogP contribution is 2.41. The molecular weight excluding hydrogens is 417 g/mol. The number of nitrogens with zero attached hydrogens (tertiary/aromatic N) is 2. The van der Waals surface area contributed by atoms with Gasteiger partial charge < -0.3 is 9.80 Å². The van der Waals surface area contributed by atoms with Crippen LogP contribution in [0.3, 0.4) is 0 Å². The van der Waals surface area contributed by atoms with Crippen LogP contribution in [0.4, 0.5) is 15.8 Å². The summed E-state index contributed by atoms with van der Waals surface area (Å²) in [6, 6.07) is 8.98. The fraction of sp³-hybridized carbons (Fsp3) is 0.435. The Kier molecular flexibility index (Phi) is 5.45. The van der Waals surface area contributed by atoms with E-state index in [1.165, 1.54) is 18.2 Å². The zero-order valence-corrected chi connectivity index (χ0v) is 18.9. The Labute approximate surface area is 183 Å². The molecule has 0 bridgehead atoms. The molecule has 0 spiro atoms. The smallest absolute Gasteiger partial charge is 0.261 e. The molecule has 1 amide bonds. The van der Waals surface area contributed by atoms with Gasteiger partial charge in [0.2, 0.25) is 5.91 Å². The number of halogens is 1. The van der Waals surface area contributed by atoms with Crippen LogP contribution in [0.25, 0.3) is 0 Å². The third-order valence-electron chi connectivity index (χ3n) is 6.15. The molecular formula is C23H28FN3O3S. The fourth-order valence-corrected chi connectivity index (χ4v) is 5.62. The van der Waals surface area contributed by atoms with E-state index in [2.05, 4.69) is 18.6 Å². The second kappa shape index (κ2) is 7.82. The van der Waals surface area contributed by atoms with E-state index in [1.807, 2.05) is 9.80 Å². The number of amides is 1. The van der Waals surface area contributed by atoms with Crippen LogP contribution >= 0.6 is 0 Å². The van der Waals surface area contributed by atoms with Crippen molar-refractivity contribution in [1.82, 2.24) is 4.90 Å². The molecule has 2 aromatic carbocycles. The summed E-state index contributed by atoms with van der Waals surface area (Å²) in [6.07, 6.45) is 2.10. The first-order valence-electron chi connectivity index (χ1n) is 10.5. The van der Waals surface area contributed by atoms with Gasteiger partial charge in [0.05, 0.1) is 17.1 Å². The molecule has 2 heterocycles. The molecule has 0 aliphatic carbocycles. The van der Waals surface area contributed by atoms with Crippen LogP contribution in [0.5, 0.6) is 0 Å². The third kappa shape index (κ3) is 4.26. The Balaban J connectivity index is 1.60. The quantitative estimate of drug-likeness (QED) is 0.763. The summed E-state index contributed by atoms with van der Waals surface area (Å²) in [7, 11) is -3.84. The maximum atomic E-state index is 13.4. The van der Waals surface area contributed by atoms with Crippen LogP contribution in [0, 0.1) is 12.7 Å². The molecule has 1 saturated heterocycles. The highest BCUT2D eigenvalue weighted by atomic mass is 32.2. The zero-order chi connectivity index (χ0) is 22.4. The van der Waals surface area contributed by atoms with Gasteiger partial charge in [0.1, 0.15) is 5.82 Å². The molecule has 166 valence electrons. The van der Waals surface area contributed by atoms with E-state index in [-0.39, 0.29) is 16.2 Å². The summed E-state index contributed by atoms with van der Waals surface area (Å²) < 4.78 is 41.9. The lowest BCUT2D eigenvalue weighted by Crippen LogP contribution is -2.40. The van der Waals surface area contributed by atoms with Gasteiger partial charge in [-0.15, -0.1) is 0 Å². The van der Waals surface area contributed by atoms with Gasteiger partial charge in [-0.1, -0.05) is 13.8 Å². The molecule has 0 saturated carbocycles. The number of aryl methyl sites for hydroxylation is 1. The van der Waals surface area contributed by atoms with Crippen molar-refractivity contribution in [3.63, 3.8) is 0 Å². The number of benzene rings is 2. The minimum absolute atomic E-state index is 0.117. The van der Waals surface area contributed by atoms with Crippen molar-refractivity contribution in [3.05, 3.63) is 53.3 Å². The largest absolute Gasteiger partial charge is 0.361 e. The van der Waals surface area contributed by atoms with Crippen LogP contribution in [0.1, 0.15) is 37.8 Å².